The highest BCUT2D eigenvalue weighted by molar-refractivity contribution is 6.90. The van der Waals surface area contributed by atoms with E-state index in [1.807, 2.05) is 6.07 Å². The summed E-state index contributed by atoms with van der Waals surface area (Å²) in [5.41, 5.74) is 1.27. The molecule has 2 rings (SSSR count). The van der Waals surface area contributed by atoms with Gasteiger partial charge in [0.2, 0.25) is 0 Å². The van der Waals surface area contributed by atoms with Gasteiger partial charge in [-0.25, -0.2) is 0 Å². The predicted molar refractivity (Wildman–Crippen MR) is 84.5 cm³/mol. The Kier molecular flexibility index (Phi) is 4.29. The average molecular weight is 273 g/mol. The number of carbonyl (C=O) groups excluding carboxylic acids is 1. The van der Waals surface area contributed by atoms with E-state index in [1.54, 1.807) is 0 Å². The second-order valence-corrected chi connectivity index (χ2v) is 10.4. The molecule has 1 aromatic carbocycles. The summed E-state index contributed by atoms with van der Waals surface area (Å²) >= 11 is 0. The molecule has 1 aliphatic rings. The summed E-state index contributed by atoms with van der Waals surface area (Å²) < 4.78 is 8.73. The van der Waals surface area contributed by atoms with Crippen molar-refractivity contribution in [2.45, 2.75) is 44.8 Å². The van der Waals surface area contributed by atoms with Gasteiger partial charge >= 0.3 is 0 Å². The molecule has 0 fully saturated rings. The molecule has 0 spiro atoms. The largest absolute Gasteiger partial charge is 0.303 e. The van der Waals surface area contributed by atoms with E-state index in [2.05, 4.69) is 43.4 Å². The molecule has 0 saturated carbocycles. The third kappa shape index (κ3) is 3.90. The first-order valence-corrected chi connectivity index (χ1v) is 10.2. The van der Waals surface area contributed by atoms with Crippen molar-refractivity contribution in [3.8, 4) is 0 Å². The van der Waals surface area contributed by atoms with Gasteiger partial charge in [-0.15, -0.1) is 0 Å². The maximum atomic E-state index is 10.7. The van der Waals surface area contributed by atoms with Crippen LogP contribution in [-0.2, 0) is 4.79 Å². The lowest BCUT2D eigenvalue weighted by atomic mass is 9.88. The lowest BCUT2D eigenvalue weighted by molar-refractivity contribution is -0.108. The minimum absolute atomic E-state index is 0.0978. The standard InChI is InChI=1S/C17H24OSi/c1-19(2,17-9-4-3-5-10-17)14-16-8-6-7-15(13-16)11-12-18/h3-5,8-10,12,15H,6-7,11,13-14H2,1-2H3/t15-/m0/s1/i14D/t14-,15+/m1. The molecule has 2 heteroatoms. The van der Waals surface area contributed by atoms with E-state index in [0.717, 1.165) is 25.5 Å². The predicted octanol–water partition coefficient (Wildman–Crippen LogP) is 3.92. The molecule has 0 heterocycles. The molecule has 0 unspecified atom stereocenters. The minimum atomic E-state index is -1.81. The first kappa shape index (κ1) is 12.9. The number of hydrogen-bond donors (Lipinski definition) is 0. The van der Waals surface area contributed by atoms with Crippen LogP contribution < -0.4 is 5.19 Å². The number of carbonyl (C=O) groups is 1. The molecule has 0 bridgehead atoms. The third-order valence-electron chi connectivity index (χ3n) is 4.00. The van der Waals surface area contributed by atoms with Crippen molar-refractivity contribution in [3.05, 3.63) is 42.0 Å². The highest BCUT2D eigenvalue weighted by atomic mass is 28.3. The average Bonchev–Trinajstić information content (AvgIpc) is 2.48. The maximum absolute atomic E-state index is 10.7. The van der Waals surface area contributed by atoms with Gasteiger partial charge in [0.15, 0.2) is 0 Å². The van der Waals surface area contributed by atoms with Gasteiger partial charge in [-0.05, 0) is 31.2 Å². The van der Waals surface area contributed by atoms with E-state index in [1.165, 1.54) is 10.8 Å². The molecule has 0 N–H and O–H groups in total. The maximum Gasteiger partial charge on any atom is 0.120 e. The second-order valence-electron chi connectivity index (χ2n) is 6.06. The SMILES string of the molecule is [2H][C@H](C1=CCC[C@@H](CC=O)C1)[Si](C)(C)c1ccccc1. The molecule has 0 amide bonds. The lowest BCUT2D eigenvalue weighted by Crippen LogP contribution is -2.41. The van der Waals surface area contributed by atoms with Crippen molar-refractivity contribution in [2.24, 2.45) is 5.92 Å². The van der Waals surface area contributed by atoms with Crippen LogP contribution in [0.15, 0.2) is 42.0 Å². The topological polar surface area (TPSA) is 17.1 Å². The Labute approximate surface area is 119 Å². The zero-order valence-electron chi connectivity index (χ0n) is 12.9. The summed E-state index contributed by atoms with van der Waals surface area (Å²) in [5.74, 6) is 0.459. The Bertz CT molecular complexity index is 481. The Morgan fingerprint density at radius 3 is 2.79 bits per heavy atom. The van der Waals surface area contributed by atoms with Crippen molar-refractivity contribution in [3.63, 3.8) is 0 Å². The highest BCUT2D eigenvalue weighted by Crippen LogP contribution is 2.31. The molecule has 0 aromatic heterocycles. The summed E-state index contributed by atoms with van der Waals surface area (Å²) in [6.45, 7) is 4.56. The summed E-state index contributed by atoms with van der Waals surface area (Å²) in [7, 11) is -1.81. The molecule has 19 heavy (non-hydrogen) atoms. The zero-order chi connectivity index (χ0) is 14.6. The Hall–Kier alpha value is -1.15. The van der Waals surface area contributed by atoms with Crippen LogP contribution in [0.1, 0.15) is 27.1 Å². The van der Waals surface area contributed by atoms with Gasteiger partial charge in [-0.2, -0.15) is 0 Å². The Morgan fingerprint density at radius 2 is 2.11 bits per heavy atom. The van der Waals surface area contributed by atoms with Gasteiger partial charge < -0.3 is 4.79 Å². The fourth-order valence-corrected chi connectivity index (χ4v) is 5.27. The monoisotopic (exact) mass is 273 g/mol. The molecule has 2 atom stereocenters. The normalized spacial score (nSPS) is 22.3. The first-order chi connectivity index (χ1) is 9.55. The van der Waals surface area contributed by atoms with E-state index in [9.17, 15) is 4.79 Å². The fraction of sp³-hybridized carbons (Fsp3) is 0.471. The van der Waals surface area contributed by atoms with E-state index >= 15 is 0 Å². The van der Waals surface area contributed by atoms with Gasteiger partial charge in [0.05, 0.1) is 8.07 Å². The molecule has 102 valence electrons. The van der Waals surface area contributed by atoms with E-state index in [-0.39, 0.29) is 6.02 Å². The minimum Gasteiger partial charge on any atom is -0.303 e. The molecule has 1 nitrogen and oxygen atoms in total. The number of rotatable bonds is 5. The smallest absolute Gasteiger partial charge is 0.120 e. The van der Waals surface area contributed by atoms with E-state index < -0.39 is 8.07 Å². The van der Waals surface area contributed by atoms with Crippen molar-refractivity contribution in [1.82, 2.24) is 0 Å². The molecule has 0 radical (unpaired) electrons. The Morgan fingerprint density at radius 1 is 1.37 bits per heavy atom. The zero-order valence-corrected chi connectivity index (χ0v) is 12.9. The van der Waals surface area contributed by atoms with Crippen LogP contribution in [-0.4, -0.2) is 14.4 Å². The van der Waals surface area contributed by atoms with Crippen molar-refractivity contribution in [1.29, 1.82) is 0 Å². The van der Waals surface area contributed by atoms with Crippen molar-refractivity contribution in [2.75, 3.05) is 0 Å². The first-order valence-electron chi connectivity index (χ1n) is 7.73. The van der Waals surface area contributed by atoms with E-state index in [0.29, 0.717) is 12.3 Å². The van der Waals surface area contributed by atoms with E-state index in [4.69, 9.17) is 1.37 Å². The second kappa shape index (κ2) is 6.33. The highest BCUT2D eigenvalue weighted by Gasteiger charge is 2.26. The van der Waals surface area contributed by atoms with Gasteiger partial charge in [0, 0.05) is 7.79 Å². The van der Waals surface area contributed by atoms with Crippen LogP contribution in [0.2, 0.25) is 19.1 Å². The molecule has 1 aliphatic carbocycles. The summed E-state index contributed by atoms with van der Waals surface area (Å²) in [6, 6.07) is 10.4. The van der Waals surface area contributed by atoms with Gasteiger partial charge in [-0.3, -0.25) is 0 Å². The van der Waals surface area contributed by atoms with Gasteiger partial charge in [0.1, 0.15) is 6.29 Å². The number of allylic oxidation sites excluding steroid dienone is 2. The van der Waals surface area contributed by atoms with Crippen LogP contribution in [0.5, 0.6) is 0 Å². The molecule has 1 aromatic rings. The van der Waals surface area contributed by atoms with Crippen LogP contribution in [0.4, 0.5) is 0 Å². The summed E-state index contributed by atoms with van der Waals surface area (Å²) in [5, 5.41) is 1.35. The summed E-state index contributed by atoms with van der Waals surface area (Å²) in [6.07, 6.45) is 7.02. The van der Waals surface area contributed by atoms with Gasteiger partial charge in [0.25, 0.3) is 0 Å². The van der Waals surface area contributed by atoms with Crippen LogP contribution >= 0.6 is 0 Å². The lowest BCUT2D eigenvalue weighted by Gasteiger charge is -2.28. The Balaban J connectivity index is 2.16. The number of aldehydes is 1. The number of hydrogen-bond acceptors (Lipinski definition) is 1. The van der Waals surface area contributed by atoms with Gasteiger partial charge in [-0.1, -0.05) is 60.3 Å². The summed E-state index contributed by atoms with van der Waals surface area (Å²) in [4.78, 5) is 10.7. The molecule has 0 aliphatic heterocycles. The molecule has 0 saturated heterocycles. The molecular weight excluding hydrogens is 248 g/mol. The number of benzene rings is 1. The quantitative estimate of drug-likeness (QED) is 0.451. The van der Waals surface area contributed by atoms with Crippen LogP contribution in [0.3, 0.4) is 0 Å². The van der Waals surface area contributed by atoms with Crippen LogP contribution in [0.25, 0.3) is 0 Å². The fourth-order valence-electron chi connectivity index (χ4n) is 2.89. The van der Waals surface area contributed by atoms with Crippen molar-refractivity contribution < 1.29 is 6.17 Å². The van der Waals surface area contributed by atoms with Crippen LogP contribution in [0, 0.1) is 5.92 Å². The third-order valence-corrected chi connectivity index (χ3v) is 6.91. The van der Waals surface area contributed by atoms with Crippen molar-refractivity contribution >= 4 is 19.5 Å². The molecular formula is C17H24OSi.